The Hall–Kier alpha value is -3.23. The Morgan fingerprint density at radius 2 is 1.85 bits per heavy atom. The number of aryl methyl sites for hydroxylation is 1. The molecule has 33 heavy (non-hydrogen) atoms. The van der Waals surface area contributed by atoms with Gasteiger partial charge in [-0.05, 0) is 31.2 Å². The number of nitrogens with zero attached hydrogens (tertiary/aromatic N) is 4. The van der Waals surface area contributed by atoms with Gasteiger partial charge in [-0.2, -0.15) is 0 Å². The van der Waals surface area contributed by atoms with Crippen molar-refractivity contribution >= 4 is 5.82 Å². The van der Waals surface area contributed by atoms with Crippen molar-refractivity contribution in [3.63, 3.8) is 0 Å². The fourth-order valence-electron chi connectivity index (χ4n) is 4.47. The molecule has 174 valence electrons. The van der Waals surface area contributed by atoms with Gasteiger partial charge in [-0.1, -0.05) is 24.3 Å². The highest BCUT2D eigenvalue weighted by atomic mass is 19.1. The summed E-state index contributed by atoms with van der Waals surface area (Å²) in [5.74, 6) is 0.365. The van der Waals surface area contributed by atoms with E-state index >= 15 is 4.39 Å². The Morgan fingerprint density at radius 3 is 2.52 bits per heavy atom. The number of aromatic hydroxyl groups is 1. The molecule has 1 N–H and O–H groups in total. The molecule has 3 heterocycles. The van der Waals surface area contributed by atoms with E-state index in [0.717, 1.165) is 5.82 Å². The molecule has 0 saturated carbocycles. The molecule has 1 aliphatic rings. The number of rotatable bonds is 7. The zero-order chi connectivity index (χ0) is 23.4. The molecular formula is C25H29FN4O3. The molecule has 4 rings (SSSR count). The van der Waals surface area contributed by atoms with Gasteiger partial charge < -0.3 is 19.3 Å². The van der Waals surface area contributed by atoms with Crippen LogP contribution in [0.15, 0.2) is 59.5 Å². The normalized spacial score (nSPS) is 15.5. The van der Waals surface area contributed by atoms with Gasteiger partial charge in [-0.25, -0.2) is 9.37 Å². The van der Waals surface area contributed by atoms with E-state index in [4.69, 9.17) is 4.74 Å². The zero-order valence-corrected chi connectivity index (χ0v) is 18.9. The number of hydrogen-bond acceptors (Lipinski definition) is 6. The number of benzene rings is 1. The van der Waals surface area contributed by atoms with E-state index in [1.54, 1.807) is 49.1 Å². The van der Waals surface area contributed by atoms with Crippen LogP contribution in [-0.2, 0) is 11.3 Å². The molecule has 0 spiro atoms. The van der Waals surface area contributed by atoms with E-state index in [9.17, 15) is 9.90 Å². The van der Waals surface area contributed by atoms with Crippen LogP contribution in [0, 0.1) is 12.7 Å². The minimum absolute atomic E-state index is 0.119. The van der Waals surface area contributed by atoms with Gasteiger partial charge >= 0.3 is 0 Å². The van der Waals surface area contributed by atoms with Crippen molar-refractivity contribution in [2.45, 2.75) is 19.5 Å². The summed E-state index contributed by atoms with van der Waals surface area (Å²) in [4.78, 5) is 22.2. The lowest BCUT2D eigenvalue weighted by Gasteiger charge is -2.40. The SMILES string of the molecule is COCCn1c(C)cc(O)c([C@@H](c2ccccc2F)N2CCN(c3ccccn3)CC2)c1=O. The third kappa shape index (κ3) is 4.77. The standard InChI is InChI=1S/C25H29FN4O3/c1-18-17-21(31)23(25(32)30(18)15-16-33-2)24(19-7-3-4-8-20(19)26)29-13-11-28(12-14-29)22-9-5-6-10-27-22/h3-10,17,24,31H,11-16H2,1-2H3/t24-/m1/s1. The van der Waals surface area contributed by atoms with Crippen LogP contribution >= 0.6 is 0 Å². The first kappa shape index (κ1) is 22.9. The van der Waals surface area contributed by atoms with Crippen LogP contribution in [0.1, 0.15) is 22.9 Å². The Bertz CT molecular complexity index is 1140. The summed E-state index contributed by atoms with van der Waals surface area (Å²) in [5, 5.41) is 10.9. The second-order valence-electron chi connectivity index (χ2n) is 8.17. The number of aromatic nitrogens is 2. The Balaban J connectivity index is 1.74. The lowest BCUT2D eigenvalue weighted by atomic mass is 9.95. The van der Waals surface area contributed by atoms with Crippen molar-refractivity contribution in [2.24, 2.45) is 0 Å². The fourth-order valence-corrected chi connectivity index (χ4v) is 4.47. The maximum atomic E-state index is 15.0. The lowest BCUT2D eigenvalue weighted by molar-refractivity contribution is 0.183. The average molecular weight is 453 g/mol. The quantitative estimate of drug-likeness (QED) is 0.595. The van der Waals surface area contributed by atoms with Crippen LogP contribution in [0.25, 0.3) is 0 Å². The summed E-state index contributed by atoms with van der Waals surface area (Å²) in [6, 6.07) is 13.1. The van der Waals surface area contributed by atoms with Gasteiger partial charge in [0.25, 0.3) is 5.56 Å². The van der Waals surface area contributed by atoms with Gasteiger partial charge in [0.15, 0.2) is 0 Å². The molecule has 1 aromatic carbocycles. The number of methoxy groups -OCH3 is 1. The fraction of sp³-hybridized carbons (Fsp3) is 0.360. The maximum absolute atomic E-state index is 15.0. The Kier molecular flexibility index (Phi) is 7.05. The Morgan fingerprint density at radius 1 is 1.12 bits per heavy atom. The van der Waals surface area contributed by atoms with Gasteiger partial charge in [0, 0.05) is 57.3 Å². The molecule has 7 nitrogen and oxygen atoms in total. The predicted octanol–water partition coefficient (Wildman–Crippen LogP) is 2.95. The maximum Gasteiger partial charge on any atom is 0.259 e. The van der Waals surface area contributed by atoms with Crippen LogP contribution < -0.4 is 10.5 Å². The molecule has 3 aromatic rings. The topological polar surface area (TPSA) is 70.8 Å². The van der Waals surface area contributed by atoms with Crippen molar-refractivity contribution in [1.29, 1.82) is 0 Å². The summed E-state index contributed by atoms with van der Waals surface area (Å²) < 4.78 is 21.7. The molecular weight excluding hydrogens is 423 g/mol. The zero-order valence-electron chi connectivity index (χ0n) is 18.9. The van der Waals surface area contributed by atoms with E-state index in [1.165, 1.54) is 6.07 Å². The van der Waals surface area contributed by atoms with E-state index in [2.05, 4.69) is 14.8 Å². The molecule has 0 unspecified atom stereocenters. The number of ether oxygens (including phenoxy) is 1. The average Bonchev–Trinajstić information content (AvgIpc) is 2.83. The molecule has 2 aromatic heterocycles. The number of pyridine rings is 2. The molecule has 0 bridgehead atoms. The third-order valence-electron chi connectivity index (χ3n) is 6.17. The van der Waals surface area contributed by atoms with Crippen molar-refractivity contribution in [1.82, 2.24) is 14.5 Å². The van der Waals surface area contributed by atoms with E-state index < -0.39 is 11.9 Å². The molecule has 0 amide bonds. The summed E-state index contributed by atoms with van der Waals surface area (Å²) >= 11 is 0. The van der Waals surface area contributed by atoms with Crippen LogP contribution in [0.4, 0.5) is 10.2 Å². The van der Waals surface area contributed by atoms with Crippen LogP contribution in [0.5, 0.6) is 5.75 Å². The predicted molar refractivity (Wildman–Crippen MR) is 125 cm³/mol. The Labute approximate surface area is 192 Å². The smallest absolute Gasteiger partial charge is 0.259 e. The minimum Gasteiger partial charge on any atom is -0.507 e. The number of halogens is 1. The highest BCUT2D eigenvalue weighted by Gasteiger charge is 2.33. The summed E-state index contributed by atoms with van der Waals surface area (Å²) in [6.07, 6.45) is 1.76. The van der Waals surface area contributed by atoms with E-state index in [1.807, 2.05) is 18.2 Å². The second kappa shape index (κ2) is 10.1. The summed E-state index contributed by atoms with van der Waals surface area (Å²) in [6.45, 7) is 4.99. The van der Waals surface area contributed by atoms with Crippen molar-refractivity contribution < 1.29 is 14.2 Å². The number of anilines is 1. The molecule has 0 radical (unpaired) electrons. The second-order valence-corrected chi connectivity index (χ2v) is 8.17. The van der Waals surface area contributed by atoms with Crippen LogP contribution in [-0.4, -0.2) is 59.5 Å². The number of piperazine rings is 1. The van der Waals surface area contributed by atoms with Gasteiger partial charge in [-0.15, -0.1) is 0 Å². The van der Waals surface area contributed by atoms with E-state index in [-0.39, 0.29) is 16.9 Å². The lowest BCUT2D eigenvalue weighted by Crippen LogP contribution is -2.49. The first-order valence-electron chi connectivity index (χ1n) is 11.1. The molecule has 8 heteroatoms. The highest BCUT2D eigenvalue weighted by molar-refractivity contribution is 5.43. The minimum atomic E-state index is -0.709. The molecule has 1 saturated heterocycles. The first-order chi connectivity index (χ1) is 16.0. The highest BCUT2D eigenvalue weighted by Crippen LogP contribution is 2.34. The third-order valence-corrected chi connectivity index (χ3v) is 6.17. The largest absolute Gasteiger partial charge is 0.507 e. The molecule has 1 atom stereocenters. The monoisotopic (exact) mass is 452 g/mol. The van der Waals surface area contributed by atoms with Crippen molar-refractivity contribution in [3.8, 4) is 5.75 Å². The van der Waals surface area contributed by atoms with Crippen molar-refractivity contribution in [3.05, 3.63) is 87.7 Å². The van der Waals surface area contributed by atoms with Gasteiger partial charge in [-0.3, -0.25) is 9.69 Å². The molecule has 0 aliphatic carbocycles. The molecule has 1 fully saturated rings. The summed E-state index contributed by atoms with van der Waals surface area (Å²) in [7, 11) is 1.57. The van der Waals surface area contributed by atoms with E-state index in [0.29, 0.717) is 50.6 Å². The van der Waals surface area contributed by atoms with Crippen LogP contribution in [0.2, 0.25) is 0 Å². The van der Waals surface area contributed by atoms with Crippen molar-refractivity contribution in [2.75, 3.05) is 44.8 Å². The summed E-state index contributed by atoms with van der Waals surface area (Å²) in [5.41, 5.74) is 0.863. The van der Waals surface area contributed by atoms with Gasteiger partial charge in [0.05, 0.1) is 18.2 Å². The van der Waals surface area contributed by atoms with Crippen LogP contribution in [0.3, 0.4) is 0 Å². The van der Waals surface area contributed by atoms with Gasteiger partial charge in [0.1, 0.15) is 17.4 Å². The van der Waals surface area contributed by atoms with Gasteiger partial charge in [0.2, 0.25) is 0 Å². The molecule has 1 aliphatic heterocycles. The first-order valence-corrected chi connectivity index (χ1v) is 11.1. The number of hydrogen-bond donors (Lipinski definition) is 1.